The van der Waals surface area contributed by atoms with Gasteiger partial charge in [0.05, 0.1) is 6.20 Å². The minimum absolute atomic E-state index is 0.273. The van der Waals surface area contributed by atoms with Crippen molar-refractivity contribution in [3.05, 3.63) is 48.0 Å². The minimum atomic E-state index is -3.94. The number of sulfonamides is 1. The molecule has 7 heteroatoms. The summed E-state index contributed by atoms with van der Waals surface area (Å²) < 4.78 is 41.6. The molecule has 0 saturated carbocycles. The average molecular weight is 297 g/mol. The maximum Gasteiger partial charge on any atom is 0.247 e. The zero-order valence-electron chi connectivity index (χ0n) is 11.2. The normalized spacial score (nSPS) is 13.3. The third-order valence-corrected chi connectivity index (χ3v) is 4.48. The summed E-state index contributed by atoms with van der Waals surface area (Å²) in [6.45, 7) is 3.66. The van der Waals surface area contributed by atoms with Crippen molar-refractivity contribution in [3.63, 3.8) is 0 Å². The lowest BCUT2D eigenvalue weighted by Gasteiger charge is -2.13. The summed E-state index contributed by atoms with van der Waals surface area (Å²) >= 11 is 0. The lowest BCUT2D eigenvalue weighted by atomic mass is 10.1. The summed E-state index contributed by atoms with van der Waals surface area (Å²) in [6.07, 6.45) is 1.03. The van der Waals surface area contributed by atoms with Crippen LogP contribution >= 0.6 is 0 Å². The van der Waals surface area contributed by atoms with Crippen LogP contribution < -0.4 is 4.72 Å². The SMILES string of the molecule is CCn1ncc(S(=O)(=O)NC(C)c2ccccc2)c1F. The molecule has 1 N–H and O–H groups in total. The van der Waals surface area contributed by atoms with E-state index in [0.717, 1.165) is 16.4 Å². The van der Waals surface area contributed by atoms with E-state index in [1.54, 1.807) is 26.0 Å². The first-order valence-electron chi connectivity index (χ1n) is 6.24. The van der Waals surface area contributed by atoms with Crippen LogP contribution in [0.4, 0.5) is 4.39 Å². The molecule has 0 radical (unpaired) electrons. The van der Waals surface area contributed by atoms with E-state index >= 15 is 0 Å². The summed E-state index contributed by atoms with van der Waals surface area (Å²) in [4.78, 5) is -0.429. The van der Waals surface area contributed by atoms with Gasteiger partial charge in [-0.05, 0) is 19.4 Å². The number of aryl methyl sites for hydroxylation is 1. The summed E-state index contributed by atoms with van der Waals surface area (Å²) in [7, 11) is -3.94. The van der Waals surface area contributed by atoms with Crippen molar-refractivity contribution < 1.29 is 12.8 Å². The fourth-order valence-corrected chi connectivity index (χ4v) is 3.10. The van der Waals surface area contributed by atoms with Crippen LogP contribution in [0.25, 0.3) is 0 Å². The molecule has 1 atom stereocenters. The molecule has 0 amide bonds. The van der Waals surface area contributed by atoms with Gasteiger partial charge in [-0.1, -0.05) is 30.3 Å². The Morgan fingerprint density at radius 3 is 2.55 bits per heavy atom. The number of aromatic nitrogens is 2. The topological polar surface area (TPSA) is 64.0 Å². The van der Waals surface area contributed by atoms with Gasteiger partial charge in [0.25, 0.3) is 0 Å². The lowest BCUT2D eigenvalue weighted by Crippen LogP contribution is -2.27. The Hall–Kier alpha value is -1.73. The van der Waals surface area contributed by atoms with Gasteiger partial charge in [0, 0.05) is 12.6 Å². The Morgan fingerprint density at radius 2 is 2.00 bits per heavy atom. The highest BCUT2D eigenvalue weighted by Gasteiger charge is 2.25. The van der Waals surface area contributed by atoms with Crippen LogP contribution in [0.2, 0.25) is 0 Å². The molecular weight excluding hydrogens is 281 g/mol. The maximum absolute atomic E-state index is 13.9. The zero-order chi connectivity index (χ0) is 14.8. The van der Waals surface area contributed by atoms with Crippen molar-refractivity contribution in [2.45, 2.75) is 31.3 Å². The number of hydrogen-bond acceptors (Lipinski definition) is 3. The third-order valence-electron chi connectivity index (χ3n) is 2.96. The number of rotatable bonds is 5. The highest BCUT2D eigenvalue weighted by atomic mass is 32.2. The molecule has 1 heterocycles. The van der Waals surface area contributed by atoms with E-state index in [-0.39, 0.29) is 6.54 Å². The van der Waals surface area contributed by atoms with Crippen LogP contribution in [-0.2, 0) is 16.6 Å². The molecule has 0 spiro atoms. The van der Waals surface area contributed by atoms with Crippen LogP contribution in [0.5, 0.6) is 0 Å². The monoisotopic (exact) mass is 297 g/mol. The largest absolute Gasteiger partial charge is 0.247 e. The molecule has 0 saturated heterocycles. The summed E-state index contributed by atoms with van der Waals surface area (Å²) in [5, 5.41) is 3.70. The molecule has 0 aliphatic rings. The smallest absolute Gasteiger partial charge is 0.239 e. The number of nitrogens with zero attached hydrogens (tertiary/aromatic N) is 2. The number of benzene rings is 1. The Bertz CT molecular complexity index is 683. The standard InChI is InChI=1S/C13H16FN3O2S/c1-3-17-13(14)12(9-15-17)20(18,19)16-10(2)11-7-5-4-6-8-11/h4-10,16H,3H2,1-2H3. The van der Waals surface area contributed by atoms with Crippen molar-refractivity contribution in [3.8, 4) is 0 Å². The second-order valence-corrected chi connectivity index (χ2v) is 6.05. The molecule has 0 aliphatic heterocycles. The van der Waals surface area contributed by atoms with E-state index in [4.69, 9.17) is 0 Å². The third kappa shape index (κ3) is 2.88. The molecule has 0 bridgehead atoms. The van der Waals surface area contributed by atoms with Gasteiger partial charge in [0.15, 0.2) is 4.90 Å². The molecule has 1 aromatic carbocycles. The first-order chi connectivity index (χ1) is 9.45. The second kappa shape index (κ2) is 5.72. The van der Waals surface area contributed by atoms with Crippen molar-refractivity contribution in [1.82, 2.24) is 14.5 Å². The summed E-state index contributed by atoms with van der Waals surface area (Å²) in [5.41, 5.74) is 0.805. The molecule has 0 aliphatic carbocycles. The first-order valence-corrected chi connectivity index (χ1v) is 7.72. The number of nitrogens with one attached hydrogen (secondary N) is 1. The van der Waals surface area contributed by atoms with E-state index in [0.29, 0.717) is 0 Å². The predicted molar refractivity (Wildman–Crippen MR) is 73.0 cm³/mol. The Balaban J connectivity index is 2.25. The summed E-state index contributed by atoms with van der Waals surface area (Å²) in [6, 6.07) is 8.63. The Kier molecular flexibility index (Phi) is 4.20. The van der Waals surface area contributed by atoms with Gasteiger partial charge >= 0.3 is 0 Å². The molecule has 1 aromatic heterocycles. The molecular formula is C13H16FN3O2S. The van der Waals surface area contributed by atoms with E-state index in [9.17, 15) is 12.8 Å². The van der Waals surface area contributed by atoms with Crippen LogP contribution in [0, 0.1) is 5.95 Å². The van der Waals surface area contributed by atoms with E-state index in [1.165, 1.54) is 0 Å². The van der Waals surface area contributed by atoms with Crippen LogP contribution in [0.3, 0.4) is 0 Å². The predicted octanol–water partition coefficient (Wildman–Crippen LogP) is 2.08. The fraction of sp³-hybridized carbons (Fsp3) is 0.308. The van der Waals surface area contributed by atoms with Crippen LogP contribution in [-0.4, -0.2) is 18.2 Å². The number of hydrogen-bond donors (Lipinski definition) is 1. The van der Waals surface area contributed by atoms with Gasteiger partial charge in [0.2, 0.25) is 16.0 Å². The Morgan fingerprint density at radius 1 is 1.35 bits per heavy atom. The molecule has 2 aromatic rings. The van der Waals surface area contributed by atoms with E-state index in [2.05, 4.69) is 9.82 Å². The molecule has 5 nitrogen and oxygen atoms in total. The van der Waals surface area contributed by atoms with E-state index in [1.807, 2.05) is 18.2 Å². The van der Waals surface area contributed by atoms with Gasteiger partial charge < -0.3 is 0 Å². The molecule has 1 unspecified atom stereocenters. The maximum atomic E-state index is 13.9. The summed E-state index contributed by atoms with van der Waals surface area (Å²) in [5.74, 6) is -0.847. The molecule has 0 fully saturated rings. The molecule has 20 heavy (non-hydrogen) atoms. The van der Waals surface area contributed by atoms with E-state index < -0.39 is 26.9 Å². The number of halogens is 1. The van der Waals surface area contributed by atoms with Gasteiger partial charge in [-0.25, -0.2) is 17.8 Å². The van der Waals surface area contributed by atoms with Crippen molar-refractivity contribution >= 4 is 10.0 Å². The van der Waals surface area contributed by atoms with Crippen molar-refractivity contribution in [2.24, 2.45) is 0 Å². The quantitative estimate of drug-likeness (QED) is 0.919. The second-order valence-electron chi connectivity index (χ2n) is 4.37. The Labute approximate surface area is 117 Å². The van der Waals surface area contributed by atoms with Crippen LogP contribution in [0.1, 0.15) is 25.5 Å². The molecule has 2 rings (SSSR count). The fourth-order valence-electron chi connectivity index (χ4n) is 1.86. The van der Waals surface area contributed by atoms with Crippen molar-refractivity contribution in [2.75, 3.05) is 0 Å². The zero-order valence-corrected chi connectivity index (χ0v) is 12.1. The highest BCUT2D eigenvalue weighted by Crippen LogP contribution is 2.18. The van der Waals surface area contributed by atoms with Gasteiger partial charge in [-0.15, -0.1) is 0 Å². The van der Waals surface area contributed by atoms with Crippen molar-refractivity contribution in [1.29, 1.82) is 0 Å². The first kappa shape index (κ1) is 14.7. The van der Waals surface area contributed by atoms with Gasteiger partial charge in [0.1, 0.15) is 0 Å². The van der Waals surface area contributed by atoms with Gasteiger partial charge in [-0.3, -0.25) is 0 Å². The highest BCUT2D eigenvalue weighted by molar-refractivity contribution is 7.89. The lowest BCUT2D eigenvalue weighted by molar-refractivity contribution is 0.453. The van der Waals surface area contributed by atoms with Gasteiger partial charge in [-0.2, -0.15) is 9.49 Å². The average Bonchev–Trinajstić information content (AvgIpc) is 2.81. The van der Waals surface area contributed by atoms with Crippen LogP contribution in [0.15, 0.2) is 41.4 Å². The minimum Gasteiger partial charge on any atom is -0.239 e. The molecule has 108 valence electrons.